The molecule has 0 aromatic carbocycles. The highest BCUT2D eigenvalue weighted by atomic mass is 16.6. The van der Waals surface area contributed by atoms with Gasteiger partial charge in [-0.25, -0.2) is 0 Å². The summed E-state index contributed by atoms with van der Waals surface area (Å²) in [5.74, 6) is -0.176. The molecule has 0 aliphatic carbocycles. The van der Waals surface area contributed by atoms with E-state index in [0.29, 0.717) is 12.3 Å². The summed E-state index contributed by atoms with van der Waals surface area (Å²) >= 11 is 0. The molecule has 0 saturated carbocycles. The second-order valence-electron chi connectivity index (χ2n) is 6.44. The molecule has 112 valence electrons. The lowest BCUT2D eigenvalue weighted by atomic mass is 10.0. The molecule has 0 unspecified atom stereocenters. The van der Waals surface area contributed by atoms with Crippen molar-refractivity contribution < 1.29 is 14.3 Å². The third-order valence-corrected chi connectivity index (χ3v) is 2.34. The molecule has 0 fully saturated rings. The molecule has 0 heterocycles. The van der Waals surface area contributed by atoms with E-state index in [1.807, 2.05) is 34.6 Å². The van der Waals surface area contributed by atoms with Crippen LogP contribution < -0.4 is 11.1 Å². The Morgan fingerprint density at radius 1 is 1.21 bits per heavy atom. The highest BCUT2D eigenvalue weighted by Gasteiger charge is 2.21. The molecular formula is C14H28N2O3. The van der Waals surface area contributed by atoms with E-state index < -0.39 is 11.6 Å². The lowest BCUT2D eigenvalue weighted by Gasteiger charge is -2.22. The normalized spacial score (nSPS) is 14.9. The molecule has 0 aliphatic rings. The Bertz CT molecular complexity index is 308. The van der Waals surface area contributed by atoms with Crippen LogP contribution in [0.5, 0.6) is 0 Å². The van der Waals surface area contributed by atoms with Crippen molar-refractivity contribution in [1.29, 1.82) is 0 Å². The molecule has 0 radical (unpaired) electrons. The van der Waals surface area contributed by atoms with Crippen LogP contribution in [0.2, 0.25) is 0 Å². The highest BCUT2D eigenvalue weighted by molar-refractivity contribution is 5.82. The van der Waals surface area contributed by atoms with E-state index in [0.717, 1.165) is 0 Å². The lowest BCUT2D eigenvalue weighted by Crippen LogP contribution is -2.45. The minimum Gasteiger partial charge on any atom is -0.460 e. The van der Waals surface area contributed by atoms with Crippen molar-refractivity contribution in [3.8, 4) is 0 Å². The molecule has 5 heteroatoms. The standard InChI is InChI=1S/C14H28N2O3/c1-9(2)7-11(15)13(18)16-10(3)8-12(17)19-14(4,5)6/h9-11H,7-8,15H2,1-6H3,(H,16,18)/t10-,11-/m0/s1. The van der Waals surface area contributed by atoms with Gasteiger partial charge in [0, 0.05) is 6.04 Å². The van der Waals surface area contributed by atoms with Crippen molar-refractivity contribution in [3.63, 3.8) is 0 Å². The first-order valence-corrected chi connectivity index (χ1v) is 6.79. The minimum absolute atomic E-state index is 0.150. The second kappa shape index (κ2) is 7.48. The molecule has 0 bridgehead atoms. The first-order valence-electron chi connectivity index (χ1n) is 6.79. The second-order valence-corrected chi connectivity index (χ2v) is 6.44. The van der Waals surface area contributed by atoms with Gasteiger partial charge in [0.25, 0.3) is 0 Å². The quantitative estimate of drug-likeness (QED) is 0.720. The fraction of sp³-hybridized carbons (Fsp3) is 0.857. The SMILES string of the molecule is CC(C)C[C@H](N)C(=O)N[C@@H](C)CC(=O)OC(C)(C)C. The highest BCUT2D eigenvalue weighted by Crippen LogP contribution is 2.09. The Labute approximate surface area is 116 Å². The summed E-state index contributed by atoms with van der Waals surface area (Å²) < 4.78 is 5.19. The smallest absolute Gasteiger partial charge is 0.308 e. The molecule has 5 nitrogen and oxygen atoms in total. The number of carbonyl (C=O) groups excluding carboxylic acids is 2. The number of esters is 1. The molecule has 0 spiro atoms. The number of carbonyl (C=O) groups is 2. The van der Waals surface area contributed by atoms with Crippen molar-refractivity contribution in [2.24, 2.45) is 11.7 Å². The Kier molecular flexibility index (Phi) is 7.05. The van der Waals surface area contributed by atoms with E-state index in [4.69, 9.17) is 10.5 Å². The Hall–Kier alpha value is -1.10. The predicted octanol–water partition coefficient (Wildman–Crippen LogP) is 1.60. The Morgan fingerprint density at radius 3 is 2.16 bits per heavy atom. The number of hydrogen-bond acceptors (Lipinski definition) is 4. The Balaban J connectivity index is 4.13. The average Bonchev–Trinajstić information content (AvgIpc) is 2.11. The van der Waals surface area contributed by atoms with Crippen molar-refractivity contribution >= 4 is 11.9 Å². The zero-order valence-corrected chi connectivity index (χ0v) is 12.9. The summed E-state index contributed by atoms with van der Waals surface area (Å²) in [7, 11) is 0. The van der Waals surface area contributed by atoms with Crippen molar-refractivity contribution in [1.82, 2.24) is 5.32 Å². The molecule has 0 saturated heterocycles. The van der Waals surface area contributed by atoms with Crippen molar-refractivity contribution in [2.75, 3.05) is 0 Å². The third kappa shape index (κ3) is 9.47. The summed E-state index contributed by atoms with van der Waals surface area (Å²) in [5.41, 5.74) is 5.27. The molecular weight excluding hydrogens is 244 g/mol. The van der Waals surface area contributed by atoms with E-state index in [1.54, 1.807) is 6.92 Å². The predicted molar refractivity (Wildman–Crippen MR) is 75.5 cm³/mol. The molecule has 0 aliphatic heterocycles. The maximum atomic E-state index is 11.8. The topological polar surface area (TPSA) is 81.4 Å². The average molecular weight is 272 g/mol. The summed E-state index contributed by atoms with van der Waals surface area (Å²) in [5, 5.41) is 2.74. The summed E-state index contributed by atoms with van der Waals surface area (Å²) in [6.45, 7) is 11.2. The minimum atomic E-state index is -0.527. The van der Waals surface area contributed by atoms with Crippen LogP contribution in [0, 0.1) is 5.92 Å². The van der Waals surface area contributed by atoms with Gasteiger partial charge in [-0.3, -0.25) is 9.59 Å². The van der Waals surface area contributed by atoms with Gasteiger partial charge in [-0.2, -0.15) is 0 Å². The van der Waals surface area contributed by atoms with Crippen LogP contribution in [0.15, 0.2) is 0 Å². The molecule has 19 heavy (non-hydrogen) atoms. The molecule has 2 atom stereocenters. The fourth-order valence-electron chi connectivity index (χ4n) is 1.65. The maximum Gasteiger partial charge on any atom is 0.308 e. The summed E-state index contributed by atoms with van der Waals surface area (Å²) in [6.07, 6.45) is 0.780. The van der Waals surface area contributed by atoms with Crippen LogP contribution in [-0.4, -0.2) is 29.6 Å². The molecule has 0 aromatic heterocycles. The molecule has 3 N–H and O–H groups in total. The van der Waals surface area contributed by atoms with E-state index in [9.17, 15) is 9.59 Å². The van der Waals surface area contributed by atoms with Crippen molar-refractivity contribution in [3.05, 3.63) is 0 Å². The zero-order valence-electron chi connectivity index (χ0n) is 12.9. The van der Waals surface area contributed by atoms with Gasteiger partial charge in [-0.05, 0) is 40.0 Å². The van der Waals surface area contributed by atoms with Crippen LogP contribution in [0.1, 0.15) is 54.4 Å². The van der Waals surface area contributed by atoms with Gasteiger partial charge in [0.2, 0.25) is 5.91 Å². The molecule has 0 rings (SSSR count). The zero-order chi connectivity index (χ0) is 15.2. The monoisotopic (exact) mass is 272 g/mol. The number of nitrogens with two attached hydrogens (primary N) is 1. The van der Waals surface area contributed by atoms with Gasteiger partial charge in [0.15, 0.2) is 0 Å². The van der Waals surface area contributed by atoms with E-state index in [1.165, 1.54) is 0 Å². The van der Waals surface area contributed by atoms with Crippen LogP contribution in [0.3, 0.4) is 0 Å². The number of amides is 1. The molecule has 1 amide bonds. The third-order valence-electron chi connectivity index (χ3n) is 2.34. The van der Waals surface area contributed by atoms with Crippen molar-refractivity contribution in [2.45, 2.75) is 72.1 Å². The number of ether oxygens (including phenoxy) is 1. The van der Waals surface area contributed by atoms with Gasteiger partial charge in [-0.1, -0.05) is 13.8 Å². The van der Waals surface area contributed by atoms with Gasteiger partial charge in [0.05, 0.1) is 12.5 Å². The molecule has 0 aromatic rings. The first-order chi connectivity index (χ1) is 8.51. The van der Waals surface area contributed by atoms with E-state index in [-0.39, 0.29) is 24.3 Å². The van der Waals surface area contributed by atoms with Gasteiger partial charge in [0.1, 0.15) is 5.60 Å². The lowest BCUT2D eigenvalue weighted by molar-refractivity contribution is -0.155. The van der Waals surface area contributed by atoms with E-state index >= 15 is 0 Å². The number of hydrogen-bond donors (Lipinski definition) is 2. The summed E-state index contributed by atoms with van der Waals surface area (Å²) in [4.78, 5) is 23.4. The number of nitrogens with one attached hydrogen (secondary N) is 1. The van der Waals surface area contributed by atoms with E-state index in [2.05, 4.69) is 5.32 Å². The summed E-state index contributed by atoms with van der Waals surface area (Å²) in [6, 6.07) is -0.804. The van der Waals surface area contributed by atoms with Crippen LogP contribution >= 0.6 is 0 Å². The maximum absolute atomic E-state index is 11.8. The first kappa shape index (κ1) is 17.9. The Morgan fingerprint density at radius 2 is 1.74 bits per heavy atom. The van der Waals surface area contributed by atoms with Crippen LogP contribution in [-0.2, 0) is 14.3 Å². The van der Waals surface area contributed by atoms with Gasteiger partial charge >= 0.3 is 5.97 Å². The van der Waals surface area contributed by atoms with Crippen LogP contribution in [0.25, 0.3) is 0 Å². The largest absolute Gasteiger partial charge is 0.460 e. The van der Waals surface area contributed by atoms with Gasteiger partial charge < -0.3 is 15.8 Å². The number of rotatable bonds is 6. The van der Waals surface area contributed by atoms with Crippen LogP contribution in [0.4, 0.5) is 0 Å². The fourth-order valence-corrected chi connectivity index (χ4v) is 1.65. The van der Waals surface area contributed by atoms with Gasteiger partial charge in [-0.15, -0.1) is 0 Å².